The Morgan fingerprint density at radius 2 is 1.54 bits per heavy atom. The van der Waals surface area contributed by atoms with Crippen molar-refractivity contribution in [2.75, 3.05) is 21.3 Å². The molecule has 0 aliphatic carbocycles. The topological polar surface area (TPSA) is 108 Å². The molecule has 0 saturated heterocycles. The van der Waals surface area contributed by atoms with E-state index in [0.29, 0.717) is 28.4 Å². The summed E-state index contributed by atoms with van der Waals surface area (Å²) in [6.45, 7) is 3.51. The van der Waals surface area contributed by atoms with Crippen LogP contribution in [0.3, 0.4) is 0 Å². The number of hydrogen-bond donors (Lipinski definition) is 0. The van der Waals surface area contributed by atoms with Gasteiger partial charge in [0.05, 0.1) is 26.9 Å². The first-order valence-electron chi connectivity index (χ1n) is 8.23. The lowest BCUT2D eigenvalue weighted by Gasteiger charge is -2.20. The zero-order chi connectivity index (χ0) is 20.9. The van der Waals surface area contributed by atoms with Crippen LogP contribution in [0.4, 0.5) is 0 Å². The highest BCUT2D eigenvalue weighted by atomic mass is 16.5. The minimum Gasteiger partial charge on any atom is -0.496 e. The number of methoxy groups -OCH3 is 3. The fourth-order valence-corrected chi connectivity index (χ4v) is 2.85. The number of nitrogens with zero attached hydrogens (tertiary/aromatic N) is 3. The van der Waals surface area contributed by atoms with Crippen LogP contribution >= 0.6 is 0 Å². The van der Waals surface area contributed by atoms with Gasteiger partial charge < -0.3 is 18.9 Å². The Morgan fingerprint density at radius 1 is 0.964 bits per heavy atom. The third-order valence-corrected chi connectivity index (χ3v) is 4.23. The van der Waals surface area contributed by atoms with Gasteiger partial charge in [-0.15, -0.1) is 0 Å². The smallest absolute Gasteiger partial charge is 0.172 e. The number of benzene rings is 1. The van der Waals surface area contributed by atoms with Gasteiger partial charge in [0.1, 0.15) is 46.6 Å². The van der Waals surface area contributed by atoms with Gasteiger partial charge in [0.15, 0.2) is 11.3 Å². The van der Waals surface area contributed by atoms with E-state index in [1.165, 1.54) is 14.2 Å². The van der Waals surface area contributed by atoms with Gasteiger partial charge in [0, 0.05) is 17.7 Å². The van der Waals surface area contributed by atoms with Gasteiger partial charge in [-0.3, -0.25) is 0 Å². The molecule has 0 atom stereocenters. The van der Waals surface area contributed by atoms with Gasteiger partial charge in [-0.1, -0.05) is 6.08 Å². The Hall–Kier alpha value is -3.89. The van der Waals surface area contributed by atoms with E-state index in [9.17, 15) is 5.26 Å². The number of hydrogen-bond acceptors (Lipinski definition) is 7. The third kappa shape index (κ3) is 3.63. The zero-order valence-electron chi connectivity index (χ0n) is 16.3. The van der Waals surface area contributed by atoms with Gasteiger partial charge in [-0.2, -0.15) is 15.8 Å². The largest absolute Gasteiger partial charge is 0.496 e. The van der Waals surface area contributed by atoms with Crippen molar-refractivity contribution < 1.29 is 18.9 Å². The fraction of sp³-hybridized carbons (Fsp3) is 0.286. The van der Waals surface area contributed by atoms with E-state index in [4.69, 9.17) is 29.5 Å². The predicted molar refractivity (Wildman–Crippen MR) is 101 cm³/mol. The van der Waals surface area contributed by atoms with Gasteiger partial charge in [0.2, 0.25) is 0 Å². The molecule has 2 rings (SSSR count). The summed E-state index contributed by atoms with van der Waals surface area (Å²) in [5.74, 6) is 1.61. The number of rotatable bonds is 5. The molecule has 0 unspecified atom stereocenters. The Kier molecular flexibility index (Phi) is 5.98. The maximum absolute atomic E-state index is 9.61. The Morgan fingerprint density at radius 3 is 1.96 bits per heavy atom. The summed E-state index contributed by atoms with van der Waals surface area (Å²) in [6, 6.07) is 9.01. The molecule has 1 aliphatic heterocycles. The first-order valence-corrected chi connectivity index (χ1v) is 8.23. The Bertz CT molecular complexity index is 971. The van der Waals surface area contributed by atoms with Crippen LogP contribution in [0.2, 0.25) is 0 Å². The maximum atomic E-state index is 9.61. The second-order valence-electron chi connectivity index (χ2n) is 6.22. The van der Waals surface area contributed by atoms with Crippen molar-refractivity contribution in [3.05, 3.63) is 46.3 Å². The van der Waals surface area contributed by atoms with Crippen LogP contribution in [0.25, 0.3) is 6.08 Å². The molecule has 1 heterocycles. The molecule has 1 aromatic rings. The molecule has 28 heavy (non-hydrogen) atoms. The lowest BCUT2D eigenvalue weighted by atomic mass is 9.94. The highest BCUT2D eigenvalue weighted by Crippen LogP contribution is 2.41. The van der Waals surface area contributed by atoms with Crippen molar-refractivity contribution >= 4 is 6.08 Å². The highest BCUT2D eigenvalue weighted by molar-refractivity contribution is 5.70. The van der Waals surface area contributed by atoms with Crippen molar-refractivity contribution in [1.82, 2.24) is 0 Å². The second kappa shape index (κ2) is 8.20. The maximum Gasteiger partial charge on any atom is 0.172 e. The van der Waals surface area contributed by atoms with Crippen molar-refractivity contribution in [3.8, 4) is 35.5 Å². The molecule has 0 fully saturated rings. The Labute approximate surface area is 163 Å². The van der Waals surface area contributed by atoms with Crippen LogP contribution in [-0.2, 0) is 4.74 Å². The van der Waals surface area contributed by atoms with Crippen molar-refractivity contribution in [2.24, 2.45) is 0 Å². The molecular weight excluding hydrogens is 358 g/mol. The lowest BCUT2D eigenvalue weighted by Crippen LogP contribution is -2.20. The quantitative estimate of drug-likeness (QED) is 0.720. The minimum absolute atomic E-state index is 0.00851. The summed E-state index contributed by atoms with van der Waals surface area (Å²) in [6.07, 6.45) is 3.43. The molecule has 1 aromatic carbocycles. The van der Waals surface area contributed by atoms with E-state index in [1.807, 2.05) is 6.07 Å². The first-order chi connectivity index (χ1) is 13.4. The monoisotopic (exact) mass is 377 g/mol. The summed E-state index contributed by atoms with van der Waals surface area (Å²) in [4.78, 5) is 0. The van der Waals surface area contributed by atoms with Crippen LogP contribution in [-0.4, -0.2) is 26.9 Å². The van der Waals surface area contributed by atoms with Crippen molar-refractivity contribution in [3.63, 3.8) is 0 Å². The third-order valence-electron chi connectivity index (χ3n) is 4.23. The summed E-state index contributed by atoms with van der Waals surface area (Å²) in [7, 11) is 4.60. The SMILES string of the molecule is COc1cc(OC)c(C=CC2=C(C#N)C(=C(C#N)C#N)OC2(C)C)c(OC)c1. The predicted octanol–water partition coefficient (Wildman–Crippen LogP) is 3.66. The lowest BCUT2D eigenvalue weighted by molar-refractivity contribution is 0.0954. The van der Waals surface area contributed by atoms with E-state index in [-0.39, 0.29) is 16.9 Å². The minimum atomic E-state index is -0.900. The number of ether oxygens (including phenoxy) is 4. The Balaban J connectivity index is 2.67. The van der Waals surface area contributed by atoms with Crippen molar-refractivity contribution in [2.45, 2.75) is 19.4 Å². The van der Waals surface area contributed by atoms with Crippen LogP contribution in [0.5, 0.6) is 17.2 Å². The molecule has 0 aromatic heterocycles. The van der Waals surface area contributed by atoms with Gasteiger partial charge in [-0.05, 0) is 19.9 Å². The fourth-order valence-electron chi connectivity index (χ4n) is 2.85. The number of nitriles is 3. The molecule has 0 amide bonds. The van der Waals surface area contributed by atoms with Crippen LogP contribution in [0.1, 0.15) is 19.4 Å². The van der Waals surface area contributed by atoms with Gasteiger partial charge >= 0.3 is 0 Å². The second-order valence-corrected chi connectivity index (χ2v) is 6.22. The summed E-state index contributed by atoms with van der Waals surface area (Å²) in [5.41, 5.74) is 0.180. The van der Waals surface area contributed by atoms with Gasteiger partial charge in [0.25, 0.3) is 0 Å². The number of allylic oxidation sites excluding steroid dienone is 2. The molecule has 7 heteroatoms. The molecule has 142 valence electrons. The summed E-state index contributed by atoms with van der Waals surface area (Å²) in [5, 5.41) is 27.9. The van der Waals surface area contributed by atoms with Crippen molar-refractivity contribution in [1.29, 1.82) is 15.8 Å². The molecule has 0 bridgehead atoms. The molecule has 1 aliphatic rings. The molecule has 7 nitrogen and oxygen atoms in total. The standard InChI is InChI=1S/C21H19N3O4/c1-21(2)17(16(12-24)20(28-21)13(10-22)11-23)7-6-15-18(26-4)8-14(25-3)9-19(15)27-5/h6-9H,1-5H3. The highest BCUT2D eigenvalue weighted by Gasteiger charge is 2.38. The van der Waals surface area contributed by atoms with E-state index in [1.54, 1.807) is 57.4 Å². The molecule has 0 N–H and O–H groups in total. The van der Waals surface area contributed by atoms with Crippen LogP contribution in [0, 0.1) is 34.0 Å². The normalized spacial score (nSPS) is 14.7. The summed E-state index contributed by atoms with van der Waals surface area (Å²) < 4.78 is 21.8. The van der Waals surface area contributed by atoms with E-state index in [2.05, 4.69) is 0 Å². The average Bonchev–Trinajstić information content (AvgIpc) is 2.96. The van der Waals surface area contributed by atoms with E-state index < -0.39 is 5.60 Å². The molecule has 0 saturated carbocycles. The van der Waals surface area contributed by atoms with Crippen LogP contribution in [0.15, 0.2) is 40.7 Å². The van der Waals surface area contributed by atoms with E-state index >= 15 is 0 Å². The molecule has 0 spiro atoms. The summed E-state index contributed by atoms with van der Waals surface area (Å²) >= 11 is 0. The van der Waals surface area contributed by atoms with Gasteiger partial charge in [-0.25, -0.2) is 0 Å². The zero-order valence-corrected chi connectivity index (χ0v) is 16.3. The molecule has 0 radical (unpaired) electrons. The first kappa shape index (κ1) is 20.4. The average molecular weight is 377 g/mol. The van der Waals surface area contributed by atoms with Crippen LogP contribution < -0.4 is 14.2 Å². The molecular formula is C21H19N3O4. The van der Waals surface area contributed by atoms with E-state index in [0.717, 1.165) is 0 Å².